The number of hydrogen-bond acceptors (Lipinski definition) is 4. The van der Waals surface area contributed by atoms with Crippen LogP contribution in [-0.4, -0.2) is 18.0 Å². The maximum absolute atomic E-state index is 15.0. The number of hydrogen-bond donors (Lipinski definition) is 0. The summed E-state index contributed by atoms with van der Waals surface area (Å²) in [7, 11) is 0. The van der Waals surface area contributed by atoms with Crippen LogP contribution in [0.15, 0.2) is 36.4 Å². The molecule has 25 heavy (non-hydrogen) atoms. The molecule has 0 aliphatic carbocycles. The number of nitro groups is 1. The fourth-order valence-corrected chi connectivity index (χ4v) is 3.11. The van der Waals surface area contributed by atoms with Gasteiger partial charge in [0.2, 0.25) is 5.75 Å². The van der Waals surface area contributed by atoms with Crippen LogP contribution in [0.5, 0.6) is 11.5 Å². The molecule has 132 valence electrons. The van der Waals surface area contributed by atoms with Gasteiger partial charge in [-0.3, -0.25) is 10.1 Å². The Morgan fingerprint density at radius 2 is 2.00 bits per heavy atom. The van der Waals surface area contributed by atoms with Crippen LogP contribution >= 0.6 is 0 Å². The number of halogens is 2. The second-order valence-corrected chi connectivity index (χ2v) is 6.23. The first-order valence-corrected chi connectivity index (χ1v) is 8.11. The minimum atomic E-state index is -1.10. The predicted molar refractivity (Wildman–Crippen MR) is 90.1 cm³/mol. The standard InChI is InChI=1S/C18H18F2N2O3/c1-12-6-5-9-21(11-12)17-15(22(23)24)10-14(19)18(16(17)20)25-13-7-3-2-4-8-13/h2-4,7-8,10,12H,5-6,9,11H2,1H3/t12-/m0/s1. The fraction of sp³-hybridized carbons (Fsp3) is 0.333. The molecule has 0 N–H and O–H groups in total. The van der Waals surface area contributed by atoms with Crippen LogP contribution in [0.25, 0.3) is 0 Å². The van der Waals surface area contributed by atoms with E-state index in [1.165, 1.54) is 0 Å². The van der Waals surface area contributed by atoms with Crippen molar-refractivity contribution in [2.75, 3.05) is 18.0 Å². The topological polar surface area (TPSA) is 55.6 Å². The van der Waals surface area contributed by atoms with Gasteiger partial charge in [-0.1, -0.05) is 25.1 Å². The van der Waals surface area contributed by atoms with E-state index in [4.69, 9.17) is 4.74 Å². The minimum Gasteiger partial charge on any atom is -0.451 e. The number of para-hydroxylation sites is 1. The van der Waals surface area contributed by atoms with Crippen molar-refractivity contribution >= 4 is 11.4 Å². The summed E-state index contributed by atoms with van der Waals surface area (Å²) >= 11 is 0. The summed E-state index contributed by atoms with van der Waals surface area (Å²) < 4.78 is 34.7. The quantitative estimate of drug-likeness (QED) is 0.582. The third kappa shape index (κ3) is 3.55. The molecule has 1 atom stereocenters. The minimum absolute atomic E-state index is 0.205. The van der Waals surface area contributed by atoms with Crippen molar-refractivity contribution in [3.63, 3.8) is 0 Å². The molecule has 0 radical (unpaired) electrons. The molecular formula is C18H18F2N2O3. The van der Waals surface area contributed by atoms with Crippen molar-refractivity contribution in [1.82, 2.24) is 0 Å². The maximum Gasteiger partial charge on any atom is 0.298 e. The van der Waals surface area contributed by atoms with Crippen molar-refractivity contribution in [2.45, 2.75) is 19.8 Å². The summed E-state index contributed by atoms with van der Waals surface area (Å²) in [6, 6.07) is 8.94. The Labute approximate surface area is 144 Å². The van der Waals surface area contributed by atoms with E-state index in [0.717, 1.165) is 18.9 Å². The molecule has 0 unspecified atom stereocenters. The van der Waals surface area contributed by atoms with Crippen LogP contribution in [0.2, 0.25) is 0 Å². The highest BCUT2D eigenvalue weighted by Crippen LogP contribution is 2.41. The Morgan fingerprint density at radius 1 is 1.28 bits per heavy atom. The van der Waals surface area contributed by atoms with Crippen molar-refractivity contribution in [3.05, 3.63) is 58.1 Å². The van der Waals surface area contributed by atoms with Crippen molar-refractivity contribution in [2.24, 2.45) is 5.92 Å². The lowest BCUT2D eigenvalue weighted by Gasteiger charge is -2.32. The van der Waals surface area contributed by atoms with E-state index < -0.39 is 28.0 Å². The van der Waals surface area contributed by atoms with E-state index in [-0.39, 0.29) is 17.4 Å². The number of rotatable bonds is 4. The maximum atomic E-state index is 15.0. The van der Waals surface area contributed by atoms with Gasteiger partial charge in [-0.05, 0) is 30.9 Å². The molecule has 1 fully saturated rings. The van der Waals surface area contributed by atoms with E-state index in [2.05, 4.69) is 0 Å². The molecule has 1 aliphatic rings. The number of piperidine rings is 1. The molecule has 2 aromatic carbocycles. The summed E-state index contributed by atoms with van der Waals surface area (Å²) in [5, 5.41) is 11.3. The molecule has 1 aliphatic heterocycles. The Balaban J connectivity index is 2.08. The predicted octanol–water partition coefficient (Wildman–Crippen LogP) is 4.90. The van der Waals surface area contributed by atoms with Gasteiger partial charge in [0, 0.05) is 13.1 Å². The Kier molecular flexibility index (Phi) is 4.83. The van der Waals surface area contributed by atoms with Crippen molar-refractivity contribution in [3.8, 4) is 11.5 Å². The summed E-state index contributed by atoms with van der Waals surface area (Å²) in [5.74, 6) is -2.22. The van der Waals surface area contributed by atoms with E-state index in [0.29, 0.717) is 13.1 Å². The summed E-state index contributed by atoms with van der Waals surface area (Å²) in [6.45, 7) is 2.97. The largest absolute Gasteiger partial charge is 0.451 e. The second kappa shape index (κ2) is 7.04. The van der Waals surface area contributed by atoms with Crippen LogP contribution in [0.1, 0.15) is 19.8 Å². The highest BCUT2D eigenvalue weighted by atomic mass is 19.1. The van der Waals surface area contributed by atoms with Crippen LogP contribution in [0.4, 0.5) is 20.2 Å². The molecule has 1 saturated heterocycles. The molecular weight excluding hydrogens is 330 g/mol. The first kappa shape index (κ1) is 17.1. The van der Waals surface area contributed by atoms with Gasteiger partial charge in [0.25, 0.3) is 5.69 Å². The van der Waals surface area contributed by atoms with Gasteiger partial charge >= 0.3 is 0 Å². The monoisotopic (exact) mass is 348 g/mol. The molecule has 3 rings (SSSR count). The third-order valence-corrected chi connectivity index (χ3v) is 4.26. The van der Waals surface area contributed by atoms with Crippen LogP contribution in [-0.2, 0) is 0 Å². The SMILES string of the molecule is C[C@H]1CCCN(c2c([N+](=O)[O-])cc(F)c(Oc3ccccc3)c2F)C1. The average Bonchev–Trinajstić information content (AvgIpc) is 2.59. The van der Waals surface area contributed by atoms with Gasteiger partial charge in [-0.25, -0.2) is 8.78 Å². The molecule has 1 heterocycles. The fourth-order valence-electron chi connectivity index (χ4n) is 3.11. The zero-order valence-corrected chi connectivity index (χ0v) is 13.7. The summed E-state index contributed by atoms with van der Waals surface area (Å²) in [6.07, 6.45) is 1.77. The van der Waals surface area contributed by atoms with Crippen LogP contribution in [0.3, 0.4) is 0 Å². The lowest BCUT2D eigenvalue weighted by Crippen LogP contribution is -2.35. The summed E-state index contributed by atoms with van der Waals surface area (Å²) in [5.41, 5.74) is -0.784. The molecule has 0 aromatic heterocycles. The Hall–Kier alpha value is -2.70. The van der Waals surface area contributed by atoms with Crippen molar-refractivity contribution in [1.29, 1.82) is 0 Å². The zero-order chi connectivity index (χ0) is 18.0. The number of nitro benzene ring substituents is 1. The number of ether oxygens (including phenoxy) is 1. The van der Waals surface area contributed by atoms with E-state index in [1.807, 2.05) is 6.92 Å². The van der Waals surface area contributed by atoms with Gasteiger partial charge in [0.1, 0.15) is 5.75 Å². The first-order chi connectivity index (χ1) is 12.0. The van der Waals surface area contributed by atoms with Gasteiger partial charge in [0.15, 0.2) is 17.3 Å². The highest BCUT2D eigenvalue weighted by Gasteiger charge is 2.32. The van der Waals surface area contributed by atoms with Crippen LogP contribution < -0.4 is 9.64 Å². The number of nitrogens with zero attached hydrogens (tertiary/aromatic N) is 2. The molecule has 5 nitrogen and oxygen atoms in total. The van der Waals surface area contributed by atoms with Gasteiger partial charge in [-0.2, -0.15) is 0 Å². The van der Waals surface area contributed by atoms with E-state index in [1.54, 1.807) is 35.2 Å². The Bertz CT molecular complexity index is 784. The molecule has 7 heteroatoms. The molecule has 2 aromatic rings. The normalized spacial score (nSPS) is 17.4. The molecule has 0 spiro atoms. The second-order valence-electron chi connectivity index (χ2n) is 6.23. The zero-order valence-electron chi connectivity index (χ0n) is 13.7. The highest BCUT2D eigenvalue weighted by molar-refractivity contribution is 5.68. The van der Waals surface area contributed by atoms with E-state index >= 15 is 4.39 Å². The average molecular weight is 348 g/mol. The lowest BCUT2D eigenvalue weighted by molar-refractivity contribution is -0.384. The molecule has 0 bridgehead atoms. The molecule has 0 saturated carbocycles. The number of benzene rings is 2. The smallest absolute Gasteiger partial charge is 0.298 e. The number of anilines is 1. The Morgan fingerprint density at radius 3 is 2.64 bits per heavy atom. The van der Waals surface area contributed by atoms with Gasteiger partial charge in [0.05, 0.1) is 11.0 Å². The third-order valence-electron chi connectivity index (χ3n) is 4.26. The lowest BCUT2D eigenvalue weighted by atomic mass is 9.99. The van der Waals surface area contributed by atoms with E-state index in [9.17, 15) is 14.5 Å². The van der Waals surface area contributed by atoms with Crippen LogP contribution in [0, 0.1) is 27.7 Å². The first-order valence-electron chi connectivity index (χ1n) is 8.11. The van der Waals surface area contributed by atoms with Gasteiger partial charge in [-0.15, -0.1) is 0 Å². The summed E-state index contributed by atoms with van der Waals surface area (Å²) in [4.78, 5) is 12.2. The molecule has 0 amide bonds. The van der Waals surface area contributed by atoms with Gasteiger partial charge < -0.3 is 9.64 Å². The van der Waals surface area contributed by atoms with Crippen molar-refractivity contribution < 1.29 is 18.4 Å².